The molecule has 0 radical (unpaired) electrons. The lowest BCUT2D eigenvalue weighted by atomic mass is 9.98. The average Bonchev–Trinajstić information content (AvgIpc) is 2.65. The molecule has 6 nitrogen and oxygen atoms in total. The number of methoxy groups -OCH3 is 3. The molecular formula is C20H32N2O4. The maximum Gasteiger partial charge on any atom is 0.224 e. The lowest BCUT2D eigenvalue weighted by Gasteiger charge is -2.35. The summed E-state index contributed by atoms with van der Waals surface area (Å²) in [5, 5.41) is 3.05. The van der Waals surface area contributed by atoms with Gasteiger partial charge in [0.1, 0.15) is 0 Å². The molecule has 1 aromatic carbocycles. The van der Waals surface area contributed by atoms with E-state index in [1.54, 1.807) is 21.3 Å². The van der Waals surface area contributed by atoms with Crippen molar-refractivity contribution in [2.45, 2.75) is 39.2 Å². The van der Waals surface area contributed by atoms with Gasteiger partial charge < -0.3 is 19.5 Å². The predicted molar refractivity (Wildman–Crippen MR) is 102 cm³/mol. The van der Waals surface area contributed by atoms with Crippen molar-refractivity contribution in [1.82, 2.24) is 10.2 Å². The van der Waals surface area contributed by atoms with E-state index in [-0.39, 0.29) is 12.3 Å². The summed E-state index contributed by atoms with van der Waals surface area (Å²) < 4.78 is 16.0. The molecule has 1 aromatic rings. The van der Waals surface area contributed by atoms with Crippen molar-refractivity contribution < 1.29 is 19.0 Å². The van der Waals surface area contributed by atoms with Gasteiger partial charge in [-0.2, -0.15) is 0 Å². The van der Waals surface area contributed by atoms with Crippen LogP contribution in [0.4, 0.5) is 0 Å². The van der Waals surface area contributed by atoms with Gasteiger partial charge in [-0.25, -0.2) is 0 Å². The third kappa shape index (κ3) is 5.27. The normalized spacial score (nSPS) is 16.8. The minimum absolute atomic E-state index is 0.00324. The maximum absolute atomic E-state index is 12.4. The maximum atomic E-state index is 12.4. The molecule has 2 rings (SSSR count). The van der Waals surface area contributed by atoms with Crippen LogP contribution in [0.3, 0.4) is 0 Å². The number of hydrogen-bond donors (Lipinski definition) is 1. The highest BCUT2D eigenvalue weighted by atomic mass is 16.5. The van der Waals surface area contributed by atoms with E-state index in [9.17, 15) is 4.79 Å². The Kier molecular flexibility index (Phi) is 7.57. The summed E-state index contributed by atoms with van der Waals surface area (Å²) in [5.41, 5.74) is 0.830. The molecule has 1 aliphatic rings. The van der Waals surface area contributed by atoms with E-state index in [0.717, 1.165) is 24.6 Å². The van der Waals surface area contributed by atoms with Gasteiger partial charge in [0.15, 0.2) is 11.5 Å². The van der Waals surface area contributed by atoms with Crippen LogP contribution < -0.4 is 19.5 Å². The highest BCUT2D eigenvalue weighted by Crippen LogP contribution is 2.38. The van der Waals surface area contributed by atoms with Gasteiger partial charge >= 0.3 is 0 Å². The molecule has 0 aromatic heterocycles. The summed E-state index contributed by atoms with van der Waals surface area (Å²) in [7, 11) is 4.71. The number of rotatable bonds is 8. The van der Waals surface area contributed by atoms with Crippen LogP contribution in [0.2, 0.25) is 0 Å². The van der Waals surface area contributed by atoms with Gasteiger partial charge in [0, 0.05) is 12.6 Å². The number of carbonyl (C=O) groups excluding carboxylic acids is 1. The molecule has 0 aliphatic carbocycles. The zero-order chi connectivity index (χ0) is 19.1. The number of benzene rings is 1. The molecule has 0 unspecified atom stereocenters. The zero-order valence-electron chi connectivity index (χ0n) is 16.6. The van der Waals surface area contributed by atoms with Crippen LogP contribution in [0.1, 0.15) is 32.3 Å². The number of ether oxygens (including phenoxy) is 3. The predicted octanol–water partition coefficient (Wildman–Crippen LogP) is 2.49. The standard InChI is InChI=1S/C20H32N2O4/c1-14-6-8-22(9-7-14)15(2)13-21-19(23)12-16-10-17(24-3)20(26-5)18(11-16)25-4/h10-11,14-15H,6-9,12-13H2,1-5H3,(H,21,23)/t15-/m0/s1. The minimum atomic E-state index is -0.00324. The fourth-order valence-electron chi connectivity index (χ4n) is 3.35. The van der Waals surface area contributed by atoms with Crippen molar-refractivity contribution >= 4 is 5.91 Å². The molecule has 146 valence electrons. The number of likely N-dealkylation sites (tertiary alicyclic amines) is 1. The fourth-order valence-corrected chi connectivity index (χ4v) is 3.35. The largest absolute Gasteiger partial charge is 0.493 e. The minimum Gasteiger partial charge on any atom is -0.493 e. The van der Waals surface area contributed by atoms with Crippen molar-refractivity contribution in [3.05, 3.63) is 17.7 Å². The quantitative estimate of drug-likeness (QED) is 0.768. The third-order valence-electron chi connectivity index (χ3n) is 5.13. The van der Waals surface area contributed by atoms with Crippen LogP contribution >= 0.6 is 0 Å². The fraction of sp³-hybridized carbons (Fsp3) is 0.650. The lowest BCUT2D eigenvalue weighted by Crippen LogP contribution is -2.45. The van der Waals surface area contributed by atoms with E-state index in [4.69, 9.17) is 14.2 Å². The molecule has 26 heavy (non-hydrogen) atoms. The Morgan fingerprint density at radius 3 is 2.23 bits per heavy atom. The molecular weight excluding hydrogens is 332 g/mol. The molecule has 1 saturated heterocycles. The Morgan fingerprint density at radius 2 is 1.73 bits per heavy atom. The van der Waals surface area contributed by atoms with Gasteiger partial charge in [-0.3, -0.25) is 9.69 Å². The van der Waals surface area contributed by atoms with Crippen LogP contribution in [-0.4, -0.2) is 57.8 Å². The number of nitrogens with one attached hydrogen (secondary N) is 1. The van der Waals surface area contributed by atoms with Crippen LogP contribution in [0.15, 0.2) is 12.1 Å². The summed E-state index contributed by atoms with van der Waals surface area (Å²) in [6, 6.07) is 3.98. The highest BCUT2D eigenvalue weighted by molar-refractivity contribution is 5.79. The Morgan fingerprint density at radius 1 is 1.15 bits per heavy atom. The van der Waals surface area contributed by atoms with Crippen molar-refractivity contribution in [2.24, 2.45) is 5.92 Å². The summed E-state index contributed by atoms with van der Waals surface area (Å²) >= 11 is 0. The summed E-state index contributed by atoms with van der Waals surface area (Å²) in [6.07, 6.45) is 2.76. The van der Waals surface area contributed by atoms with E-state index in [2.05, 4.69) is 24.1 Å². The summed E-state index contributed by atoms with van der Waals surface area (Å²) in [4.78, 5) is 14.8. The highest BCUT2D eigenvalue weighted by Gasteiger charge is 2.21. The second-order valence-electron chi connectivity index (χ2n) is 7.08. The van der Waals surface area contributed by atoms with Crippen LogP contribution in [0, 0.1) is 5.92 Å². The Labute approximate surface area is 156 Å². The number of hydrogen-bond acceptors (Lipinski definition) is 5. The van der Waals surface area contributed by atoms with E-state index < -0.39 is 0 Å². The van der Waals surface area contributed by atoms with Crippen LogP contribution in [0.5, 0.6) is 17.2 Å². The second-order valence-corrected chi connectivity index (χ2v) is 7.08. The zero-order valence-corrected chi connectivity index (χ0v) is 16.6. The van der Waals surface area contributed by atoms with E-state index in [1.807, 2.05) is 12.1 Å². The topological polar surface area (TPSA) is 60.0 Å². The van der Waals surface area contributed by atoms with Crippen molar-refractivity contribution in [2.75, 3.05) is 41.0 Å². The molecule has 0 spiro atoms. The first-order valence-electron chi connectivity index (χ1n) is 9.28. The molecule has 1 atom stereocenters. The second kappa shape index (κ2) is 9.67. The van der Waals surface area contributed by atoms with Crippen molar-refractivity contribution in [3.8, 4) is 17.2 Å². The molecule has 6 heteroatoms. The van der Waals surface area contributed by atoms with Gasteiger partial charge in [-0.1, -0.05) is 6.92 Å². The average molecular weight is 364 g/mol. The van der Waals surface area contributed by atoms with E-state index >= 15 is 0 Å². The molecule has 1 N–H and O–H groups in total. The van der Waals surface area contributed by atoms with E-state index in [1.165, 1.54) is 12.8 Å². The monoisotopic (exact) mass is 364 g/mol. The molecule has 1 fully saturated rings. The Balaban J connectivity index is 1.91. The van der Waals surface area contributed by atoms with Gasteiger partial charge in [-0.05, 0) is 56.5 Å². The molecule has 1 amide bonds. The molecule has 1 aliphatic heterocycles. The third-order valence-corrected chi connectivity index (χ3v) is 5.13. The van der Waals surface area contributed by atoms with Crippen LogP contribution in [-0.2, 0) is 11.2 Å². The Bertz CT molecular complexity index is 572. The van der Waals surface area contributed by atoms with Gasteiger partial charge in [0.25, 0.3) is 0 Å². The summed E-state index contributed by atoms with van der Waals surface area (Å²) in [5.74, 6) is 2.47. The summed E-state index contributed by atoms with van der Waals surface area (Å²) in [6.45, 7) is 7.38. The number of amides is 1. The SMILES string of the molecule is COc1cc(CC(=O)NC[C@H](C)N2CCC(C)CC2)cc(OC)c1OC. The van der Waals surface area contributed by atoms with Crippen LogP contribution in [0.25, 0.3) is 0 Å². The first kappa shape index (κ1) is 20.4. The van der Waals surface area contributed by atoms with Gasteiger partial charge in [0.05, 0.1) is 27.8 Å². The smallest absolute Gasteiger partial charge is 0.224 e. The van der Waals surface area contributed by atoms with E-state index in [0.29, 0.717) is 29.8 Å². The Hall–Kier alpha value is -1.95. The van der Waals surface area contributed by atoms with Crippen molar-refractivity contribution in [1.29, 1.82) is 0 Å². The number of carbonyl (C=O) groups is 1. The molecule has 0 saturated carbocycles. The number of piperidine rings is 1. The van der Waals surface area contributed by atoms with Gasteiger partial charge in [0.2, 0.25) is 11.7 Å². The molecule has 0 bridgehead atoms. The first-order valence-corrected chi connectivity index (χ1v) is 9.28. The lowest BCUT2D eigenvalue weighted by molar-refractivity contribution is -0.120. The van der Waals surface area contributed by atoms with Crippen molar-refractivity contribution in [3.63, 3.8) is 0 Å². The number of nitrogens with zero attached hydrogens (tertiary/aromatic N) is 1. The molecule has 1 heterocycles. The van der Waals surface area contributed by atoms with Gasteiger partial charge in [-0.15, -0.1) is 0 Å². The first-order chi connectivity index (χ1) is 12.5.